The van der Waals surface area contributed by atoms with Crippen LogP contribution in [0.2, 0.25) is 0 Å². The topological polar surface area (TPSA) is 110 Å². The van der Waals surface area contributed by atoms with Crippen molar-refractivity contribution in [3.63, 3.8) is 0 Å². The van der Waals surface area contributed by atoms with E-state index in [0.717, 1.165) is 25.0 Å². The Labute approximate surface area is 180 Å². The Bertz CT molecular complexity index is 1000. The van der Waals surface area contributed by atoms with Crippen LogP contribution < -0.4 is 0 Å². The van der Waals surface area contributed by atoms with Crippen molar-refractivity contribution in [2.45, 2.75) is 35.5 Å². The Morgan fingerprint density at radius 3 is 2.60 bits per heavy atom. The van der Waals surface area contributed by atoms with Crippen molar-refractivity contribution in [2.24, 2.45) is 0 Å². The highest BCUT2D eigenvalue weighted by Crippen LogP contribution is 2.28. The Morgan fingerprint density at radius 2 is 1.93 bits per heavy atom. The molecule has 0 saturated carbocycles. The van der Waals surface area contributed by atoms with Crippen LogP contribution in [0.3, 0.4) is 0 Å². The van der Waals surface area contributed by atoms with Gasteiger partial charge in [0.05, 0.1) is 42.6 Å². The average molecular weight is 450 g/mol. The summed E-state index contributed by atoms with van der Waals surface area (Å²) in [5, 5.41) is 18.1. The van der Waals surface area contributed by atoms with E-state index >= 15 is 0 Å². The zero-order chi connectivity index (χ0) is 21.0. The molecule has 30 heavy (non-hydrogen) atoms. The third kappa shape index (κ3) is 4.53. The Balaban J connectivity index is 1.60. The maximum Gasteiger partial charge on any atom is 0.243 e. The first-order chi connectivity index (χ1) is 14.6. The number of benzene rings is 1. The summed E-state index contributed by atoms with van der Waals surface area (Å²) < 4.78 is 40.1. The highest BCUT2D eigenvalue weighted by molar-refractivity contribution is 7.99. The lowest BCUT2D eigenvalue weighted by Gasteiger charge is -2.26. The van der Waals surface area contributed by atoms with Gasteiger partial charge in [0.25, 0.3) is 0 Å². The number of hydrogen-bond acceptors (Lipinski definition) is 8. The second-order valence-corrected chi connectivity index (χ2v) is 9.92. The molecule has 11 heteroatoms. The zero-order valence-electron chi connectivity index (χ0n) is 16.4. The molecule has 1 atom stereocenters. The lowest BCUT2D eigenvalue weighted by atomic mass is 10.2. The van der Waals surface area contributed by atoms with Crippen LogP contribution >= 0.6 is 11.8 Å². The molecule has 2 aliphatic rings. The van der Waals surface area contributed by atoms with Gasteiger partial charge in [-0.3, -0.25) is 4.57 Å². The highest BCUT2D eigenvalue weighted by atomic mass is 32.2. The van der Waals surface area contributed by atoms with Crippen LogP contribution in [-0.2, 0) is 26.0 Å². The van der Waals surface area contributed by atoms with Crippen LogP contribution in [0.15, 0.2) is 34.3 Å². The van der Waals surface area contributed by atoms with Crippen molar-refractivity contribution in [1.82, 2.24) is 19.1 Å². The summed E-state index contributed by atoms with van der Waals surface area (Å²) in [6.07, 6.45) is 2.08. The maximum atomic E-state index is 12.8. The second-order valence-electron chi connectivity index (χ2n) is 7.04. The summed E-state index contributed by atoms with van der Waals surface area (Å²) in [4.78, 5) is 0.248. The van der Waals surface area contributed by atoms with Crippen molar-refractivity contribution in [3.05, 3.63) is 24.3 Å². The number of hydrogen-bond donors (Lipinski definition) is 0. The molecule has 0 amide bonds. The molecule has 0 radical (unpaired) electrons. The minimum Gasteiger partial charge on any atom is -0.379 e. The molecule has 3 heterocycles. The summed E-state index contributed by atoms with van der Waals surface area (Å²) in [6.45, 7) is 2.89. The molecule has 9 nitrogen and oxygen atoms in total. The first kappa shape index (κ1) is 21.3. The molecule has 1 aromatic heterocycles. The van der Waals surface area contributed by atoms with Crippen LogP contribution in [0, 0.1) is 11.3 Å². The Kier molecular flexibility index (Phi) is 6.70. The number of rotatable bonds is 7. The van der Waals surface area contributed by atoms with E-state index in [1.54, 1.807) is 24.3 Å². The van der Waals surface area contributed by atoms with E-state index in [1.165, 1.54) is 16.1 Å². The third-order valence-electron chi connectivity index (χ3n) is 5.11. The van der Waals surface area contributed by atoms with Gasteiger partial charge in [-0.05, 0) is 37.1 Å². The van der Waals surface area contributed by atoms with Gasteiger partial charge in [0, 0.05) is 25.3 Å². The monoisotopic (exact) mass is 449 g/mol. The van der Waals surface area contributed by atoms with Crippen LogP contribution in [0.1, 0.15) is 12.8 Å². The summed E-state index contributed by atoms with van der Waals surface area (Å²) >= 11 is 1.33. The normalized spacial score (nSPS) is 20.3. The predicted molar refractivity (Wildman–Crippen MR) is 110 cm³/mol. The van der Waals surface area contributed by atoms with E-state index in [-0.39, 0.29) is 16.8 Å². The molecule has 1 aromatic carbocycles. The molecule has 0 N–H and O–H groups in total. The quantitative estimate of drug-likeness (QED) is 0.588. The van der Waals surface area contributed by atoms with Crippen molar-refractivity contribution in [3.8, 4) is 17.5 Å². The van der Waals surface area contributed by atoms with Crippen molar-refractivity contribution < 1.29 is 17.9 Å². The number of ether oxygens (including phenoxy) is 2. The van der Waals surface area contributed by atoms with Gasteiger partial charge in [0.15, 0.2) is 11.0 Å². The van der Waals surface area contributed by atoms with Gasteiger partial charge in [-0.25, -0.2) is 8.42 Å². The molecule has 0 bridgehead atoms. The number of nitriles is 1. The van der Waals surface area contributed by atoms with Gasteiger partial charge in [-0.1, -0.05) is 11.8 Å². The van der Waals surface area contributed by atoms with Gasteiger partial charge in [-0.15, -0.1) is 10.2 Å². The fraction of sp³-hybridized carbons (Fsp3) is 0.526. The van der Waals surface area contributed by atoms with Crippen LogP contribution in [-0.4, -0.2) is 72.3 Å². The molecule has 0 unspecified atom stereocenters. The van der Waals surface area contributed by atoms with Crippen molar-refractivity contribution in [1.29, 1.82) is 5.26 Å². The number of aromatic nitrogens is 3. The summed E-state index contributed by atoms with van der Waals surface area (Å²) in [5.74, 6) is 0.918. The molecule has 0 spiro atoms. The Morgan fingerprint density at radius 1 is 1.17 bits per heavy atom. The molecule has 0 aliphatic carbocycles. The molecule has 2 aromatic rings. The summed E-state index contributed by atoms with van der Waals surface area (Å²) in [7, 11) is -3.55. The summed E-state index contributed by atoms with van der Waals surface area (Å²) in [6, 6.07) is 8.82. The first-order valence-electron chi connectivity index (χ1n) is 9.82. The minimum atomic E-state index is -3.55. The lowest BCUT2D eigenvalue weighted by molar-refractivity contribution is 0.0730. The van der Waals surface area contributed by atoms with Gasteiger partial charge >= 0.3 is 0 Å². The van der Waals surface area contributed by atoms with E-state index in [9.17, 15) is 8.42 Å². The van der Waals surface area contributed by atoms with Gasteiger partial charge in [-0.2, -0.15) is 9.57 Å². The molecular formula is C19H23N5O4S2. The standard InChI is InChI=1S/C19H23N5O4S2/c20-7-13-29-19-22-21-18(24(19)14-16-2-1-10-28-16)15-3-5-17(6-4-15)30(25,26)23-8-11-27-12-9-23/h3-6,16H,1-2,8-14H2/t16-/m0/s1. The lowest BCUT2D eigenvalue weighted by Crippen LogP contribution is -2.40. The SMILES string of the molecule is N#CCSc1nnc(-c2ccc(S(=O)(=O)N3CCOCC3)cc2)n1C[C@@H]1CCCO1. The fourth-order valence-electron chi connectivity index (χ4n) is 3.57. The average Bonchev–Trinajstić information content (AvgIpc) is 3.43. The molecule has 2 fully saturated rings. The van der Waals surface area contributed by atoms with E-state index < -0.39 is 10.0 Å². The van der Waals surface area contributed by atoms with Crippen molar-refractivity contribution >= 4 is 21.8 Å². The number of sulfonamides is 1. The first-order valence-corrected chi connectivity index (χ1v) is 12.2. The van der Waals surface area contributed by atoms with E-state index in [4.69, 9.17) is 14.7 Å². The summed E-state index contributed by atoms with van der Waals surface area (Å²) in [5.41, 5.74) is 0.769. The maximum absolute atomic E-state index is 12.8. The van der Waals surface area contributed by atoms with Gasteiger partial charge < -0.3 is 9.47 Å². The molecular weight excluding hydrogens is 426 g/mol. The largest absolute Gasteiger partial charge is 0.379 e. The van der Waals surface area contributed by atoms with Crippen LogP contribution in [0.4, 0.5) is 0 Å². The second kappa shape index (κ2) is 9.45. The Hall–Kier alpha value is -1.97. The highest BCUT2D eigenvalue weighted by Gasteiger charge is 2.27. The number of thioether (sulfide) groups is 1. The van der Waals surface area contributed by atoms with Crippen molar-refractivity contribution in [2.75, 3.05) is 38.7 Å². The third-order valence-corrected chi connectivity index (χ3v) is 7.86. The van der Waals surface area contributed by atoms with E-state index in [0.29, 0.717) is 43.8 Å². The molecule has 2 saturated heterocycles. The zero-order valence-corrected chi connectivity index (χ0v) is 18.1. The molecule has 2 aliphatic heterocycles. The predicted octanol–water partition coefficient (Wildman–Crippen LogP) is 1.76. The van der Waals surface area contributed by atoms with Gasteiger partial charge in [0.2, 0.25) is 10.0 Å². The molecule has 4 rings (SSSR count). The fourth-order valence-corrected chi connectivity index (χ4v) is 5.59. The number of nitrogens with zero attached hydrogens (tertiary/aromatic N) is 5. The number of morpholine rings is 1. The minimum absolute atomic E-state index is 0.0853. The van der Waals surface area contributed by atoms with Gasteiger partial charge in [0.1, 0.15) is 0 Å². The molecule has 160 valence electrons. The van der Waals surface area contributed by atoms with E-state index in [1.807, 2.05) is 4.57 Å². The smallest absolute Gasteiger partial charge is 0.243 e. The van der Waals surface area contributed by atoms with E-state index in [2.05, 4.69) is 16.3 Å². The van der Waals surface area contributed by atoms with Crippen LogP contribution in [0.5, 0.6) is 0 Å². The van der Waals surface area contributed by atoms with Crippen LogP contribution in [0.25, 0.3) is 11.4 Å².